The van der Waals surface area contributed by atoms with Gasteiger partial charge in [-0.15, -0.1) is 0 Å². The Morgan fingerprint density at radius 1 is 0.821 bits per heavy atom. The molecule has 1 aliphatic heterocycles. The highest BCUT2D eigenvalue weighted by Crippen LogP contribution is 2.39. The number of cyclic esters (lactones) is 1. The molecule has 28 heavy (non-hydrogen) atoms. The van der Waals surface area contributed by atoms with Crippen LogP contribution in [0.15, 0.2) is 47.5 Å². The van der Waals surface area contributed by atoms with E-state index in [0.717, 1.165) is 22.4 Å². The quantitative estimate of drug-likeness (QED) is 0.560. The van der Waals surface area contributed by atoms with E-state index in [-0.39, 0.29) is 12.6 Å². The lowest BCUT2D eigenvalue weighted by Gasteiger charge is -2.13. The number of carbonyl (C=O) groups is 1. The molecule has 0 aromatic heterocycles. The van der Waals surface area contributed by atoms with Crippen molar-refractivity contribution in [2.45, 2.75) is 0 Å². The average Bonchev–Trinajstić information content (AvgIpc) is 3.07. The number of hydrogen-bond donors (Lipinski definition) is 0. The van der Waals surface area contributed by atoms with E-state index >= 15 is 0 Å². The summed E-state index contributed by atoms with van der Waals surface area (Å²) in [7, 11) is 6.29. The van der Waals surface area contributed by atoms with E-state index in [1.807, 2.05) is 42.5 Å². The first kappa shape index (κ1) is 19.4. The van der Waals surface area contributed by atoms with Gasteiger partial charge in [0.25, 0.3) is 0 Å². The second-order valence-electron chi connectivity index (χ2n) is 6.04. The number of benzene rings is 2. The molecule has 0 amide bonds. The molecule has 0 aliphatic carbocycles. The van der Waals surface area contributed by atoms with Crippen molar-refractivity contribution in [3.05, 3.63) is 58.7 Å². The van der Waals surface area contributed by atoms with Gasteiger partial charge in [0.2, 0.25) is 5.75 Å². The van der Waals surface area contributed by atoms with Crippen LogP contribution in [0.4, 0.5) is 0 Å². The fourth-order valence-electron chi connectivity index (χ4n) is 2.95. The van der Waals surface area contributed by atoms with Crippen molar-refractivity contribution in [2.75, 3.05) is 35.0 Å². The van der Waals surface area contributed by atoms with E-state index in [1.54, 1.807) is 34.5 Å². The molecule has 1 heterocycles. The summed E-state index contributed by atoms with van der Waals surface area (Å²) in [6.45, 7) is 0.206. The third-order valence-corrected chi connectivity index (χ3v) is 4.38. The zero-order valence-corrected chi connectivity index (χ0v) is 16.3. The van der Waals surface area contributed by atoms with Crippen LogP contribution in [-0.4, -0.2) is 41.0 Å². The molecule has 0 N–H and O–H groups in total. The zero-order valence-electron chi connectivity index (χ0n) is 16.3. The van der Waals surface area contributed by atoms with Crippen LogP contribution in [-0.2, 0) is 9.53 Å². The van der Waals surface area contributed by atoms with Crippen LogP contribution in [0.1, 0.15) is 11.1 Å². The average molecular weight is 382 g/mol. The number of ether oxygens (including phenoxy) is 5. The first-order valence-corrected chi connectivity index (χ1v) is 8.63. The summed E-state index contributed by atoms with van der Waals surface area (Å²) in [6.07, 6.45) is 3.68. The lowest BCUT2D eigenvalue weighted by molar-refractivity contribution is -0.134. The summed E-state index contributed by atoms with van der Waals surface area (Å²) in [4.78, 5) is 12.2. The summed E-state index contributed by atoms with van der Waals surface area (Å²) in [5, 5.41) is 0. The molecule has 146 valence electrons. The van der Waals surface area contributed by atoms with Crippen molar-refractivity contribution in [1.82, 2.24) is 0 Å². The topological polar surface area (TPSA) is 63.2 Å². The van der Waals surface area contributed by atoms with Crippen LogP contribution in [0.3, 0.4) is 0 Å². The van der Waals surface area contributed by atoms with Gasteiger partial charge in [0.15, 0.2) is 11.5 Å². The van der Waals surface area contributed by atoms with Crippen molar-refractivity contribution >= 4 is 18.1 Å². The minimum Gasteiger partial charge on any atom is -0.497 e. The molecule has 2 aromatic rings. The molecule has 0 radical (unpaired) electrons. The molecule has 0 saturated carbocycles. The van der Waals surface area contributed by atoms with Crippen LogP contribution in [0.5, 0.6) is 23.0 Å². The van der Waals surface area contributed by atoms with Gasteiger partial charge in [0.1, 0.15) is 12.4 Å². The smallest absolute Gasteiger partial charge is 0.338 e. The fourth-order valence-corrected chi connectivity index (χ4v) is 2.95. The third-order valence-electron chi connectivity index (χ3n) is 4.38. The van der Waals surface area contributed by atoms with Gasteiger partial charge in [0.05, 0.1) is 34.0 Å². The normalized spacial score (nSPS) is 16.2. The Kier molecular flexibility index (Phi) is 5.89. The SMILES string of the molecule is COc1ccc(/C=C2/C(=O)OC/C2=C/c2cc(OC)c(OC)c(OC)c2)cc1. The van der Waals surface area contributed by atoms with Crippen molar-refractivity contribution < 1.29 is 28.5 Å². The van der Waals surface area contributed by atoms with E-state index in [4.69, 9.17) is 23.7 Å². The molecule has 3 rings (SSSR count). The number of carbonyl (C=O) groups excluding carboxylic acids is 1. The standard InChI is InChI=1S/C22H22O6/c1-24-17-7-5-14(6-8-17)10-18-16(13-28-22(18)23)9-15-11-19(25-2)21(27-4)20(12-15)26-3/h5-12H,13H2,1-4H3/b16-9-,18-10+. The summed E-state index contributed by atoms with van der Waals surface area (Å²) in [6, 6.07) is 11.1. The van der Waals surface area contributed by atoms with Crippen LogP contribution in [0.2, 0.25) is 0 Å². The molecule has 0 spiro atoms. The van der Waals surface area contributed by atoms with Crippen LogP contribution in [0.25, 0.3) is 12.2 Å². The molecule has 2 aromatic carbocycles. The maximum Gasteiger partial charge on any atom is 0.338 e. The van der Waals surface area contributed by atoms with Crippen LogP contribution < -0.4 is 18.9 Å². The lowest BCUT2D eigenvalue weighted by atomic mass is 10.0. The molecule has 6 nitrogen and oxygen atoms in total. The maximum atomic E-state index is 12.2. The van der Waals surface area contributed by atoms with Gasteiger partial charge >= 0.3 is 5.97 Å². The van der Waals surface area contributed by atoms with Gasteiger partial charge in [-0.25, -0.2) is 4.79 Å². The highest BCUT2D eigenvalue weighted by atomic mass is 16.5. The Morgan fingerprint density at radius 2 is 1.46 bits per heavy atom. The van der Waals surface area contributed by atoms with Crippen LogP contribution in [0, 0.1) is 0 Å². The van der Waals surface area contributed by atoms with E-state index in [2.05, 4.69) is 0 Å². The van der Waals surface area contributed by atoms with Crippen LogP contribution >= 0.6 is 0 Å². The maximum absolute atomic E-state index is 12.2. The third kappa shape index (κ3) is 3.96. The highest BCUT2D eigenvalue weighted by molar-refractivity contribution is 6.02. The molecule has 0 bridgehead atoms. The number of hydrogen-bond acceptors (Lipinski definition) is 6. The Labute approximate surface area is 163 Å². The first-order chi connectivity index (χ1) is 13.6. The Balaban J connectivity index is 2.00. The Hall–Kier alpha value is -3.41. The van der Waals surface area contributed by atoms with Gasteiger partial charge < -0.3 is 23.7 Å². The fraction of sp³-hybridized carbons (Fsp3) is 0.227. The second kappa shape index (κ2) is 8.52. The highest BCUT2D eigenvalue weighted by Gasteiger charge is 2.25. The minimum atomic E-state index is -0.352. The number of esters is 1. The zero-order chi connectivity index (χ0) is 20.1. The van der Waals surface area contributed by atoms with Gasteiger partial charge in [-0.05, 0) is 47.5 Å². The van der Waals surface area contributed by atoms with Crippen molar-refractivity contribution in [1.29, 1.82) is 0 Å². The molecule has 1 fully saturated rings. The Bertz CT molecular complexity index is 900. The van der Waals surface area contributed by atoms with Gasteiger partial charge in [-0.3, -0.25) is 0 Å². The van der Waals surface area contributed by atoms with Gasteiger partial charge in [-0.1, -0.05) is 12.1 Å². The molecular formula is C22H22O6. The van der Waals surface area contributed by atoms with E-state index < -0.39 is 0 Å². The molecule has 0 unspecified atom stereocenters. The van der Waals surface area contributed by atoms with Gasteiger partial charge in [-0.2, -0.15) is 0 Å². The minimum absolute atomic E-state index is 0.206. The number of methoxy groups -OCH3 is 4. The lowest BCUT2D eigenvalue weighted by Crippen LogP contribution is -1.96. The van der Waals surface area contributed by atoms with E-state index in [0.29, 0.717) is 22.8 Å². The molecule has 6 heteroatoms. The Morgan fingerprint density at radius 3 is 2.00 bits per heavy atom. The van der Waals surface area contributed by atoms with Crippen molar-refractivity contribution in [3.8, 4) is 23.0 Å². The predicted octanol–water partition coefficient (Wildman–Crippen LogP) is 3.74. The summed E-state index contributed by atoms with van der Waals surface area (Å²) in [5.41, 5.74) is 2.97. The van der Waals surface area contributed by atoms with Gasteiger partial charge in [0, 0.05) is 5.57 Å². The molecule has 0 atom stereocenters. The first-order valence-electron chi connectivity index (χ1n) is 8.63. The number of rotatable bonds is 6. The summed E-state index contributed by atoms with van der Waals surface area (Å²) in [5.74, 6) is 2.00. The monoisotopic (exact) mass is 382 g/mol. The second-order valence-corrected chi connectivity index (χ2v) is 6.04. The van der Waals surface area contributed by atoms with Crippen molar-refractivity contribution in [3.63, 3.8) is 0 Å². The van der Waals surface area contributed by atoms with Crippen molar-refractivity contribution in [2.24, 2.45) is 0 Å². The molecule has 1 saturated heterocycles. The molecular weight excluding hydrogens is 360 g/mol. The largest absolute Gasteiger partial charge is 0.497 e. The van der Waals surface area contributed by atoms with E-state index in [1.165, 1.54) is 0 Å². The molecule has 1 aliphatic rings. The van der Waals surface area contributed by atoms with E-state index in [9.17, 15) is 4.79 Å². The summed E-state index contributed by atoms with van der Waals surface area (Å²) >= 11 is 0. The predicted molar refractivity (Wildman–Crippen MR) is 106 cm³/mol. The summed E-state index contributed by atoms with van der Waals surface area (Å²) < 4.78 is 26.5.